The lowest BCUT2D eigenvalue weighted by atomic mass is 10.0. The van der Waals surface area contributed by atoms with Gasteiger partial charge in [-0.2, -0.15) is 0 Å². The largest absolute Gasteiger partial charge is 0.383 e. The molecule has 1 aromatic rings. The maximum atomic E-state index is 5.22. The van der Waals surface area contributed by atoms with Crippen molar-refractivity contribution in [2.75, 3.05) is 37.5 Å². The van der Waals surface area contributed by atoms with Gasteiger partial charge in [0, 0.05) is 26.3 Å². The minimum Gasteiger partial charge on any atom is -0.383 e. The Morgan fingerprint density at radius 1 is 1.32 bits per heavy atom. The van der Waals surface area contributed by atoms with Gasteiger partial charge in [0.1, 0.15) is 18.0 Å². The molecular formula is C14H26N4O. The molecule has 1 rings (SSSR count). The molecule has 5 nitrogen and oxygen atoms in total. The number of rotatable bonds is 7. The highest BCUT2D eigenvalue weighted by Gasteiger charge is 2.20. The zero-order valence-electron chi connectivity index (χ0n) is 12.9. The van der Waals surface area contributed by atoms with Gasteiger partial charge >= 0.3 is 0 Å². The molecule has 0 aliphatic heterocycles. The van der Waals surface area contributed by atoms with Crippen molar-refractivity contribution in [3.05, 3.63) is 11.9 Å². The molecule has 0 amide bonds. The van der Waals surface area contributed by atoms with Crippen LogP contribution in [-0.2, 0) is 4.74 Å². The summed E-state index contributed by atoms with van der Waals surface area (Å²) in [6, 6.07) is 0.270. The number of methoxy groups -OCH3 is 1. The third kappa shape index (κ3) is 3.80. The van der Waals surface area contributed by atoms with Crippen LogP contribution in [0.15, 0.2) is 6.33 Å². The van der Waals surface area contributed by atoms with E-state index in [4.69, 9.17) is 4.74 Å². The molecule has 19 heavy (non-hydrogen) atoms. The minimum atomic E-state index is 0.270. The summed E-state index contributed by atoms with van der Waals surface area (Å²) in [6.45, 7) is 10.1. The molecule has 1 atom stereocenters. The first-order valence-electron chi connectivity index (χ1n) is 6.83. The number of nitrogens with zero attached hydrogens (tertiary/aromatic N) is 3. The Kier molecular flexibility index (Phi) is 6.02. The van der Waals surface area contributed by atoms with Crippen LogP contribution in [0.5, 0.6) is 0 Å². The van der Waals surface area contributed by atoms with Crippen molar-refractivity contribution >= 4 is 11.6 Å². The highest BCUT2D eigenvalue weighted by Crippen LogP contribution is 2.30. The molecule has 0 saturated carbocycles. The van der Waals surface area contributed by atoms with Crippen LogP contribution in [0.4, 0.5) is 11.6 Å². The quantitative estimate of drug-likeness (QED) is 0.821. The van der Waals surface area contributed by atoms with Gasteiger partial charge < -0.3 is 15.0 Å². The van der Waals surface area contributed by atoms with Crippen LogP contribution in [0.2, 0.25) is 0 Å². The average molecular weight is 266 g/mol. The van der Waals surface area contributed by atoms with E-state index in [-0.39, 0.29) is 6.04 Å². The standard InChI is InChI=1S/C14H26N4O/c1-7-15-13-12(10(2)3)14(17-9-16-13)18(5)11(4)8-19-6/h9-11H,7-8H2,1-6H3,(H,15,16,17). The highest BCUT2D eigenvalue weighted by molar-refractivity contribution is 5.60. The van der Waals surface area contributed by atoms with E-state index in [1.165, 1.54) is 0 Å². The van der Waals surface area contributed by atoms with E-state index in [1.54, 1.807) is 13.4 Å². The second kappa shape index (κ2) is 7.28. The summed E-state index contributed by atoms with van der Waals surface area (Å²) in [5.41, 5.74) is 1.16. The molecule has 1 N–H and O–H groups in total. The number of likely N-dealkylation sites (N-methyl/N-ethyl adjacent to an activating group) is 1. The van der Waals surface area contributed by atoms with Crippen LogP contribution in [0, 0.1) is 0 Å². The zero-order chi connectivity index (χ0) is 14.4. The number of aromatic nitrogens is 2. The molecule has 0 spiro atoms. The van der Waals surface area contributed by atoms with Crippen molar-refractivity contribution in [2.24, 2.45) is 0 Å². The average Bonchev–Trinajstić information content (AvgIpc) is 2.38. The fraction of sp³-hybridized carbons (Fsp3) is 0.714. The van der Waals surface area contributed by atoms with E-state index >= 15 is 0 Å². The normalized spacial score (nSPS) is 12.6. The van der Waals surface area contributed by atoms with Crippen LogP contribution in [-0.4, -0.2) is 43.3 Å². The van der Waals surface area contributed by atoms with Crippen molar-refractivity contribution in [3.63, 3.8) is 0 Å². The number of hydrogen-bond donors (Lipinski definition) is 1. The Morgan fingerprint density at radius 3 is 2.53 bits per heavy atom. The molecule has 0 fully saturated rings. The molecule has 1 unspecified atom stereocenters. The monoisotopic (exact) mass is 266 g/mol. The molecule has 0 saturated heterocycles. The van der Waals surface area contributed by atoms with Gasteiger partial charge in [0.15, 0.2) is 0 Å². The van der Waals surface area contributed by atoms with Crippen molar-refractivity contribution in [2.45, 2.75) is 39.7 Å². The van der Waals surface area contributed by atoms with Gasteiger partial charge in [-0.15, -0.1) is 0 Å². The third-order valence-electron chi connectivity index (χ3n) is 3.19. The first-order valence-corrected chi connectivity index (χ1v) is 6.83. The Labute approximate surface area is 116 Å². The molecule has 0 aliphatic carbocycles. The fourth-order valence-electron chi connectivity index (χ4n) is 2.07. The van der Waals surface area contributed by atoms with E-state index in [1.807, 2.05) is 7.05 Å². The molecule has 1 aromatic heterocycles. The van der Waals surface area contributed by atoms with Crippen LogP contribution in [0.25, 0.3) is 0 Å². The molecule has 5 heteroatoms. The van der Waals surface area contributed by atoms with Gasteiger partial charge in [-0.1, -0.05) is 13.8 Å². The van der Waals surface area contributed by atoms with E-state index in [9.17, 15) is 0 Å². The first-order chi connectivity index (χ1) is 9.02. The molecule has 0 aliphatic rings. The number of hydrogen-bond acceptors (Lipinski definition) is 5. The van der Waals surface area contributed by atoms with Crippen molar-refractivity contribution in [1.29, 1.82) is 0 Å². The van der Waals surface area contributed by atoms with Crippen LogP contribution in [0.1, 0.15) is 39.2 Å². The van der Waals surface area contributed by atoms with Gasteiger partial charge in [0.05, 0.1) is 12.6 Å². The van der Waals surface area contributed by atoms with Crippen LogP contribution in [0.3, 0.4) is 0 Å². The molecule has 0 radical (unpaired) electrons. The van der Waals surface area contributed by atoms with Gasteiger partial charge in [-0.3, -0.25) is 0 Å². The summed E-state index contributed by atoms with van der Waals surface area (Å²) in [5, 5.41) is 3.31. The van der Waals surface area contributed by atoms with Crippen molar-refractivity contribution in [1.82, 2.24) is 9.97 Å². The zero-order valence-corrected chi connectivity index (χ0v) is 12.9. The lowest BCUT2D eigenvalue weighted by Gasteiger charge is -2.29. The summed E-state index contributed by atoms with van der Waals surface area (Å²) >= 11 is 0. The predicted molar refractivity (Wildman–Crippen MR) is 80.0 cm³/mol. The Hall–Kier alpha value is -1.36. The van der Waals surface area contributed by atoms with Gasteiger partial charge in [-0.25, -0.2) is 9.97 Å². The lowest BCUT2D eigenvalue weighted by Crippen LogP contribution is -2.34. The molecule has 0 aromatic carbocycles. The molecule has 108 valence electrons. The summed E-state index contributed by atoms with van der Waals surface area (Å²) in [4.78, 5) is 11.0. The van der Waals surface area contributed by atoms with E-state index < -0.39 is 0 Å². The summed E-state index contributed by atoms with van der Waals surface area (Å²) < 4.78 is 5.22. The van der Waals surface area contributed by atoms with Gasteiger partial charge in [0.25, 0.3) is 0 Å². The second-order valence-corrected chi connectivity index (χ2v) is 5.06. The van der Waals surface area contributed by atoms with Crippen LogP contribution < -0.4 is 10.2 Å². The Morgan fingerprint density at radius 2 is 2.00 bits per heavy atom. The number of ether oxygens (including phenoxy) is 1. The fourth-order valence-corrected chi connectivity index (χ4v) is 2.07. The van der Waals surface area contributed by atoms with Crippen molar-refractivity contribution in [3.8, 4) is 0 Å². The summed E-state index contributed by atoms with van der Waals surface area (Å²) in [7, 11) is 3.77. The predicted octanol–water partition coefficient (Wildman–Crippen LogP) is 2.50. The smallest absolute Gasteiger partial charge is 0.137 e. The van der Waals surface area contributed by atoms with E-state index in [0.717, 1.165) is 23.7 Å². The maximum Gasteiger partial charge on any atom is 0.137 e. The first kappa shape index (κ1) is 15.7. The Bertz CT molecular complexity index is 395. The number of nitrogens with one attached hydrogen (secondary N) is 1. The summed E-state index contributed by atoms with van der Waals surface area (Å²) in [6.07, 6.45) is 1.62. The Balaban J connectivity index is 3.15. The van der Waals surface area contributed by atoms with Gasteiger partial charge in [0.2, 0.25) is 0 Å². The molecule has 1 heterocycles. The van der Waals surface area contributed by atoms with Crippen molar-refractivity contribution < 1.29 is 4.74 Å². The van der Waals surface area contributed by atoms with Gasteiger partial charge in [-0.05, 0) is 19.8 Å². The van der Waals surface area contributed by atoms with Crippen LogP contribution >= 0.6 is 0 Å². The topological polar surface area (TPSA) is 50.3 Å². The third-order valence-corrected chi connectivity index (χ3v) is 3.19. The maximum absolute atomic E-state index is 5.22. The van der Waals surface area contributed by atoms with E-state index in [0.29, 0.717) is 12.5 Å². The molecule has 0 bridgehead atoms. The SMILES string of the molecule is CCNc1ncnc(N(C)C(C)COC)c1C(C)C. The molecular weight excluding hydrogens is 240 g/mol. The number of anilines is 2. The summed E-state index contributed by atoms with van der Waals surface area (Å²) in [5.74, 6) is 2.27. The lowest BCUT2D eigenvalue weighted by molar-refractivity contribution is 0.183. The second-order valence-electron chi connectivity index (χ2n) is 5.06. The van der Waals surface area contributed by atoms with E-state index in [2.05, 4.69) is 47.9 Å². The highest BCUT2D eigenvalue weighted by atomic mass is 16.5. The minimum absolute atomic E-state index is 0.270.